The Balaban J connectivity index is 0.880. The van der Waals surface area contributed by atoms with Gasteiger partial charge < -0.3 is 29.8 Å². The van der Waals surface area contributed by atoms with E-state index in [1.165, 1.54) is 7.11 Å². The number of hydrogen-bond acceptors (Lipinski definition) is 7. The second-order valence-electron chi connectivity index (χ2n) is 17.1. The second-order valence-corrected chi connectivity index (χ2v) is 17.1. The quantitative estimate of drug-likeness (QED) is 0.120. The van der Waals surface area contributed by atoms with Crippen LogP contribution in [0.2, 0.25) is 0 Å². The lowest BCUT2D eigenvalue weighted by molar-refractivity contribution is -0.138. The van der Waals surface area contributed by atoms with Gasteiger partial charge in [0.05, 0.1) is 43.0 Å². The number of H-pyrrole nitrogens is 2. The first-order chi connectivity index (χ1) is 29.1. The number of alkyl carbamates (subject to hydrolysis) is 1. The maximum Gasteiger partial charge on any atom is 0.407 e. The third kappa shape index (κ3) is 7.44. The lowest BCUT2D eigenvalue weighted by atomic mass is 9.98. The minimum atomic E-state index is -0.680. The van der Waals surface area contributed by atoms with Crippen LogP contribution in [-0.2, 0) is 14.3 Å². The Labute approximate surface area is 350 Å². The zero-order chi connectivity index (χ0) is 41.7. The first-order valence-corrected chi connectivity index (χ1v) is 21.0. The molecule has 0 spiro atoms. The molecule has 4 heterocycles. The maximum atomic E-state index is 14.2. The smallest absolute Gasteiger partial charge is 0.407 e. The average molecular weight is 805 g/mol. The van der Waals surface area contributed by atoms with Crippen molar-refractivity contribution < 1.29 is 19.1 Å². The van der Waals surface area contributed by atoms with Gasteiger partial charge in [-0.1, -0.05) is 92.7 Å². The number of aromatic nitrogens is 4. The molecule has 9 rings (SSSR count). The normalized spacial score (nSPS) is 20.7. The third-order valence-electron chi connectivity index (χ3n) is 12.7. The molecule has 60 heavy (non-hydrogen) atoms. The van der Waals surface area contributed by atoms with Crippen LogP contribution in [0.4, 0.5) is 4.79 Å². The van der Waals surface area contributed by atoms with Crippen molar-refractivity contribution in [3.63, 3.8) is 0 Å². The van der Waals surface area contributed by atoms with Crippen LogP contribution >= 0.6 is 0 Å². The molecule has 3 fully saturated rings. The molecule has 12 heteroatoms. The summed E-state index contributed by atoms with van der Waals surface area (Å²) >= 11 is 0. The van der Waals surface area contributed by atoms with Gasteiger partial charge in [0.25, 0.3) is 0 Å². The van der Waals surface area contributed by atoms with E-state index >= 15 is 0 Å². The van der Waals surface area contributed by atoms with Gasteiger partial charge in [-0.25, -0.2) is 14.8 Å². The predicted molar refractivity (Wildman–Crippen MR) is 231 cm³/mol. The van der Waals surface area contributed by atoms with Gasteiger partial charge in [-0.15, -0.1) is 0 Å². The number of hydrogen-bond donors (Lipinski definition) is 3. The Morgan fingerprint density at radius 3 is 2.05 bits per heavy atom. The molecule has 2 aliphatic heterocycles. The minimum Gasteiger partial charge on any atom is -0.453 e. The van der Waals surface area contributed by atoms with Gasteiger partial charge in [0.15, 0.2) is 0 Å². The van der Waals surface area contributed by atoms with E-state index in [0.29, 0.717) is 12.5 Å². The van der Waals surface area contributed by atoms with E-state index in [9.17, 15) is 14.4 Å². The number of likely N-dealkylation sites (N-methyl/N-ethyl adjacent to an activating group) is 1. The van der Waals surface area contributed by atoms with Crippen molar-refractivity contribution in [2.24, 2.45) is 11.8 Å². The zero-order valence-electron chi connectivity index (χ0n) is 34.8. The van der Waals surface area contributed by atoms with Gasteiger partial charge in [-0.05, 0) is 96.8 Å². The van der Waals surface area contributed by atoms with Crippen LogP contribution in [0.15, 0.2) is 103 Å². The zero-order valence-corrected chi connectivity index (χ0v) is 34.8. The van der Waals surface area contributed by atoms with E-state index < -0.39 is 12.1 Å². The number of benzene rings is 4. The lowest BCUT2D eigenvalue weighted by Crippen LogP contribution is -2.51. The molecule has 12 nitrogen and oxygen atoms in total. The Morgan fingerprint density at radius 1 is 0.767 bits per heavy atom. The molecular formula is C48H52N8O4. The van der Waals surface area contributed by atoms with Gasteiger partial charge in [0.2, 0.25) is 11.8 Å². The van der Waals surface area contributed by atoms with Gasteiger partial charge in [-0.3, -0.25) is 14.5 Å². The fourth-order valence-electron chi connectivity index (χ4n) is 9.39. The minimum absolute atomic E-state index is 0.0666. The molecule has 1 aliphatic carbocycles. The summed E-state index contributed by atoms with van der Waals surface area (Å²) in [6.07, 6.45) is 6.76. The third-order valence-corrected chi connectivity index (χ3v) is 12.7. The Hall–Kier alpha value is -6.27. The summed E-state index contributed by atoms with van der Waals surface area (Å²) in [6.45, 7) is 4.43. The standard InChI is InChI=1S/C48H52N8O4/c1-28(2)42(53-48(59)60-5)46(57)55-21-9-12-39(55)44-49-27-38(52-44)35-20-19-33-22-32(17-18-34(33)23-35)29-13-15-30(16-14-29)37-26-50-45(51-37)41-25-36-24-40(36)56(41)47(58)43(54(3)4)31-10-7-6-8-11-31/h6-8,10-11,13-20,22-23,26-28,36,39-43H,9,12,21,24-25H2,1-5H3,(H,49,52)(H,50,51)(H,53,59)/t36-,39+,40?,41+,42+,43-/m1/s1. The topological polar surface area (TPSA) is 140 Å². The summed E-state index contributed by atoms with van der Waals surface area (Å²) in [5, 5.41) is 4.95. The molecule has 3 aliphatic rings. The van der Waals surface area contributed by atoms with Gasteiger partial charge in [0.1, 0.15) is 23.7 Å². The van der Waals surface area contributed by atoms with E-state index in [1.54, 1.807) is 0 Å². The van der Waals surface area contributed by atoms with Crippen LogP contribution in [0, 0.1) is 11.8 Å². The summed E-state index contributed by atoms with van der Waals surface area (Å²) in [4.78, 5) is 62.4. The summed E-state index contributed by atoms with van der Waals surface area (Å²) in [6, 6.07) is 30.5. The summed E-state index contributed by atoms with van der Waals surface area (Å²) in [7, 11) is 5.25. The number of likely N-dealkylation sites (tertiary alicyclic amines) is 2. The number of methoxy groups -OCH3 is 1. The summed E-state index contributed by atoms with van der Waals surface area (Å²) in [5.74, 6) is 2.04. The van der Waals surface area contributed by atoms with Crippen molar-refractivity contribution in [1.82, 2.24) is 40.0 Å². The Kier molecular flexibility index (Phi) is 10.5. The number of aromatic amines is 2. The van der Waals surface area contributed by atoms with Crippen molar-refractivity contribution in [3.8, 4) is 33.6 Å². The molecule has 1 unspecified atom stereocenters. The van der Waals surface area contributed by atoms with Crippen molar-refractivity contribution in [2.75, 3.05) is 27.7 Å². The lowest BCUT2D eigenvalue weighted by Gasteiger charge is -2.33. The second kappa shape index (κ2) is 16.1. The molecule has 6 aromatic rings. The molecule has 0 radical (unpaired) electrons. The largest absolute Gasteiger partial charge is 0.453 e. The number of amides is 3. The van der Waals surface area contributed by atoms with Crippen LogP contribution in [0.1, 0.15) is 74.9 Å². The molecule has 0 bridgehead atoms. The van der Waals surface area contributed by atoms with Crippen LogP contribution in [0.5, 0.6) is 0 Å². The fourth-order valence-corrected chi connectivity index (χ4v) is 9.39. The number of imidazole rings is 2. The molecule has 2 aromatic heterocycles. The van der Waals surface area contributed by atoms with Crippen LogP contribution in [-0.4, -0.2) is 92.4 Å². The highest BCUT2D eigenvalue weighted by molar-refractivity contribution is 5.91. The van der Waals surface area contributed by atoms with Crippen molar-refractivity contribution >= 4 is 28.7 Å². The number of piperidine rings is 1. The van der Waals surface area contributed by atoms with Crippen molar-refractivity contribution in [1.29, 1.82) is 0 Å². The van der Waals surface area contributed by atoms with Crippen molar-refractivity contribution in [2.45, 2.75) is 69.7 Å². The fraction of sp³-hybridized carbons (Fsp3) is 0.354. The highest BCUT2D eigenvalue weighted by atomic mass is 16.5. The summed E-state index contributed by atoms with van der Waals surface area (Å²) in [5.41, 5.74) is 7.12. The monoisotopic (exact) mass is 804 g/mol. The van der Waals surface area contributed by atoms with E-state index in [4.69, 9.17) is 14.7 Å². The summed E-state index contributed by atoms with van der Waals surface area (Å²) < 4.78 is 4.78. The number of rotatable bonds is 11. The van der Waals surface area contributed by atoms with Crippen molar-refractivity contribution in [3.05, 3.63) is 121 Å². The number of fused-ring (bicyclic) bond motifs is 2. The predicted octanol–water partition coefficient (Wildman–Crippen LogP) is 8.30. The highest BCUT2D eigenvalue weighted by Crippen LogP contribution is 2.54. The van der Waals surface area contributed by atoms with E-state index in [2.05, 4.69) is 80.8 Å². The number of nitrogens with zero attached hydrogens (tertiary/aromatic N) is 5. The van der Waals surface area contributed by atoms with Gasteiger partial charge in [-0.2, -0.15) is 0 Å². The van der Waals surface area contributed by atoms with E-state index in [-0.39, 0.29) is 41.9 Å². The first-order valence-electron chi connectivity index (χ1n) is 21.0. The SMILES string of the molecule is COC(=O)N[C@H](C(=O)N1CCC[C@H]1c1ncc(-c2ccc3cc(-c4ccc(-c5cnc([C@@H]6C[C@H]7CC7N6C(=O)[C@@H](c6ccccc6)N(C)C)[nH]5)cc4)ccc3c2)[nH]1)C(C)C. The first kappa shape index (κ1) is 39.2. The molecule has 3 N–H and O–H groups in total. The van der Waals surface area contributed by atoms with E-state index in [1.807, 2.05) is 80.5 Å². The molecule has 2 saturated heterocycles. The highest BCUT2D eigenvalue weighted by Gasteiger charge is 2.56. The number of ether oxygens (including phenoxy) is 1. The van der Waals surface area contributed by atoms with E-state index in [0.717, 1.165) is 87.3 Å². The molecule has 308 valence electrons. The van der Waals surface area contributed by atoms with Gasteiger partial charge >= 0.3 is 6.09 Å². The Morgan fingerprint density at radius 2 is 1.38 bits per heavy atom. The number of carbonyl (C=O) groups excluding carboxylic acids is 3. The van der Waals surface area contributed by atoms with Crippen LogP contribution in [0.25, 0.3) is 44.4 Å². The Bertz CT molecular complexity index is 2530. The number of carbonyl (C=O) groups is 3. The van der Waals surface area contributed by atoms with Gasteiger partial charge in [0, 0.05) is 18.2 Å². The molecule has 4 aromatic carbocycles. The molecule has 6 atom stereocenters. The molecule has 3 amide bonds. The van der Waals surface area contributed by atoms with Crippen LogP contribution in [0.3, 0.4) is 0 Å². The van der Waals surface area contributed by atoms with Crippen LogP contribution < -0.4 is 5.32 Å². The average Bonchev–Trinajstić information content (AvgIpc) is 3.81. The molecular weight excluding hydrogens is 753 g/mol. The number of nitrogens with one attached hydrogen (secondary N) is 3. The molecule has 1 saturated carbocycles. The maximum absolute atomic E-state index is 14.2.